The van der Waals surface area contributed by atoms with E-state index in [1.54, 1.807) is 6.07 Å². The van der Waals surface area contributed by atoms with E-state index in [0.29, 0.717) is 4.47 Å². The molecule has 2 rings (SSSR count). The van der Waals surface area contributed by atoms with Gasteiger partial charge in [-0.25, -0.2) is 21.6 Å². The first-order chi connectivity index (χ1) is 8.70. The monoisotopic (exact) mass is 366 g/mol. The van der Waals surface area contributed by atoms with Crippen LogP contribution >= 0.6 is 15.9 Å². The summed E-state index contributed by atoms with van der Waals surface area (Å²) >= 11 is 3.18. The highest BCUT2D eigenvalue weighted by atomic mass is 79.9. The first-order valence-electron chi connectivity index (χ1n) is 5.18. The normalized spacial score (nSPS) is 21.6. The molecule has 6 nitrogen and oxygen atoms in total. The average molecular weight is 367 g/mol. The van der Waals surface area contributed by atoms with Crippen LogP contribution in [-0.2, 0) is 19.9 Å². The molecule has 104 valence electrons. The van der Waals surface area contributed by atoms with E-state index in [1.165, 1.54) is 18.2 Å². The summed E-state index contributed by atoms with van der Waals surface area (Å²) in [7, 11) is -7.17. The number of sulfonamides is 1. The zero-order chi connectivity index (χ0) is 14.3. The van der Waals surface area contributed by atoms with Crippen LogP contribution in [0.3, 0.4) is 0 Å². The Kier molecular flexibility index (Phi) is 3.74. The number of halogens is 1. The zero-order valence-electron chi connectivity index (χ0n) is 9.58. The maximum absolute atomic E-state index is 12.1. The molecule has 1 atom stereocenters. The number of sulfone groups is 1. The van der Waals surface area contributed by atoms with E-state index in [9.17, 15) is 16.8 Å². The fraction of sp³-hybridized carbons (Fsp3) is 0.200. The number of hydrogen-bond donors (Lipinski definition) is 2. The third-order valence-corrected chi connectivity index (χ3v) is 5.95. The van der Waals surface area contributed by atoms with Gasteiger partial charge in [-0.2, -0.15) is 0 Å². The van der Waals surface area contributed by atoms with Gasteiger partial charge < -0.3 is 5.73 Å². The Morgan fingerprint density at radius 1 is 1.37 bits per heavy atom. The van der Waals surface area contributed by atoms with Crippen molar-refractivity contribution in [1.82, 2.24) is 4.72 Å². The van der Waals surface area contributed by atoms with E-state index in [4.69, 9.17) is 5.73 Å². The van der Waals surface area contributed by atoms with Crippen LogP contribution in [0.1, 0.15) is 0 Å². The van der Waals surface area contributed by atoms with Crippen molar-refractivity contribution in [3.8, 4) is 0 Å². The fourth-order valence-corrected chi connectivity index (χ4v) is 4.70. The molecule has 0 saturated carbocycles. The Morgan fingerprint density at radius 2 is 2.05 bits per heavy atom. The molecular formula is C10H11BrN2O4S2. The number of nitrogens with one attached hydrogen (secondary N) is 1. The summed E-state index contributed by atoms with van der Waals surface area (Å²) in [6.45, 7) is 0. The standard InChI is InChI=1S/C10H11BrN2O4S2/c11-7-1-2-10(9(12)5-7)19(16,17)13-8-3-4-18(14,15)6-8/h1-5,8,13H,6,12H2. The van der Waals surface area contributed by atoms with E-state index in [2.05, 4.69) is 20.7 Å². The molecule has 1 aliphatic heterocycles. The number of rotatable bonds is 3. The smallest absolute Gasteiger partial charge is 0.243 e. The molecule has 0 aliphatic carbocycles. The first-order valence-corrected chi connectivity index (χ1v) is 9.17. The number of nitrogen functional groups attached to an aromatic ring is 1. The van der Waals surface area contributed by atoms with Gasteiger partial charge in [0.1, 0.15) is 4.90 Å². The van der Waals surface area contributed by atoms with E-state index < -0.39 is 25.9 Å². The van der Waals surface area contributed by atoms with E-state index >= 15 is 0 Å². The highest BCUT2D eigenvalue weighted by Crippen LogP contribution is 2.23. The Morgan fingerprint density at radius 3 is 2.58 bits per heavy atom. The van der Waals surface area contributed by atoms with Crippen LogP contribution in [0.25, 0.3) is 0 Å². The summed E-state index contributed by atoms with van der Waals surface area (Å²) in [5, 5.41) is 1.01. The molecule has 1 aromatic rings. The minimum Gasteiger partial charge on any atom is -0.398 e. The van der Waals surface area contributed by atoms with Crippen molar-refractivity contribution in [3.05, 3.63) is 34.2 Å². The lowest BCUT2D eigenvalue weighted by atomic mass is 10.3. The van der Waals surface area contributed by atoms with Crippen molar-refractivity contribution in [2.45, 2.75) is 10.9 Å². The quantitative estimate of drug-likeness (QED) is 0.762. The molecule has 1 aliphatic rings. The van der Waals surface area contributed by atoms with Crippen LogP contribution in [-0.4, -0.2) is 28.6 Å². The molecule has 0 aromatic heterocycles. The Hall–Kier alpha value is -0.900. The lowest BCUT2D eigenvalue weighted by Gasteiger charge is -2.12. The fourth-order valence-electron chi connectivity index (χ4n) is 1.68. The van der Waals surface area contributed by atoms with Crippen molar-refractivity contribution >= 4 is 41.5 Å². The third-order valence-electron chi connectivity index (χ3n) is 2.50. The maximum atomic E-state index is 12.1. The molecule has 0 saturated heterocycles. The summed E-state index contributed by atoms with van der Waals surface area (Å²) < 4.78 is 49.6. The van der Waals surface area contributed by atoms with Crippen LogP contribution in [0.15, 0.2) is 39.1 Å². The predicted octanol–water partition coefficient (Wildman–Crippen LogP) is 0.620. The molecule has 0 spiro atoms. The van der Waals surface area contributed by atoms with E-state index in [-0.39, 0.29) is 16.3 Å². The van der Waals surface area contributed by atoms with Crippen molar-refractivity contribution in [1.29, 1.82) is 0 Å². The van der Waals surface area contributed by atoms with Crippen molar-refractivity contribution in [3.63, 3.8) is 0 Å². The van der Waals surface area contributed by atoms with Gasteiger partial charge in [0.2, 0.25) is 10.0 Å². The van der Waals surface area contributed by atoms with Gasteiger partial charge >= 0.3 is 0 Å². The molecule has 1 unspecified atom stereocenters. The van der Waals surface area contributed by atoms with Gasteiger partial charge in [0.25, 0.3) is 0 Å². The summed E-state index contributed by atoms with van der Waals surface area (Å²) in [6, 6.07) is 3.61. The van der Waals surface area contributed by atoms with Crippen LogP contribution in [0, 0.1) is 0 Å². The van der Waals surface area contributed by atoms with E-state index in [0.717, 1.165) is 5.41 Å². The molecule has 0 radical (unpaired) electrons. The van der Waals surface area contributed by atoms with Crippen molar-refractivity contribution in [2.75, 3.05) is 11.5 Å². The second-order valence-electron chi connectivity index (χ2n) is 4.07. The molecule has 1 heterocycles. The summed E-state index contributed by atoms with van der Waals surface area (Å²) in [4.78, 5) is -0.0756. The molecule has 19 heavy (non-hydrogen) atoms. The zero-order valence-corrected chi connectivity index (χ0v) is 12.8. The second kappa shape index (κ2) is 4.89. The van der Waals surface area contributed by atoms with Crippen molar-refractivity contribution in [2.24, 2.45) is 0 Å². The van der Waals surface area contributed by atoms with Gasteiger partial charge in [0, 0.05) is 9.88 Å². The van der Waals surface area contributed by atoms with Gasteiger partial charge in [-0.1, -0.05) is 22.0 Å². The lowest BCUT2D eigenvalue weighted by molar-refractivity contribution is 0.575. The van der Waals surface area contributed by atoms with Crippen LogP contribution in [0.4, 0.5) is 5.69 Å². The summed E-state index contributed by atoms with van der Waals surface area (Å²) in [5.74, 6) is -0.275. The number of nitrogens with two attached hydrogens (primary N) is 1. The lowest BCUT2D eigenvalue weighted by Crippen LogP contribution is -2.35. The van der Waals surface area contributed by atoms with Gasteiger partial charge in [0.15, 0.2) is 9.84 Å². The molecule has 0 fully saturated rings. The summed E-state index contributed by atoms with van der Waals surface area (Å²) in [6.07, 6.45) is 1.31. The maximum Gasteiger partial charge on any atom is 0.243 e. The Bertz CT molecular complexity index is 741. The topological polar surface area (TPSA) is 106 Å². The molecular weight excluding hydrogens is 356 g/mol. The van der Waals surface area contributed by atoms with Gasteiger partial charge in [0.05, 0.1) is 17.5 Å². The number of hydrogen-bond acceptors (Lipinski definition) is 5. The molecule has 9 heteroatoms. The van der Waals surface area contributed by atoms with Gasteiger partial charge in [-0.15, -0.1) is 0 Å². The summed E-state index contributed by atoms with van der Waals surface area (Å²) in [5.41, 5.74) is 5.74. The molecule has 0 bridgehead atoms. The minimum absolute atomic E-state index is 0.0756. The highest BCUT2D eigenvalue weighted by Gasteiger charge is 2.27. The van der Waals surface area contributed by atoms with Gasteiger partial charge in [-0.3, -0.25) is 0 Å². The number of benzene rings is 1. The third kappa shape index (κ3) is 3.35. The average Bonchev–Trinajstić information content (AvgIpc) is 2.56. The molecule has 1 aromatic carbocycles. The van der Waals surface area contributed by atoms with Crippen molar-refractivity contribution < 1.29 is 16.8 Å². The van der Waals surface area contributed by atoms with Gasteiger partial charge in [-0.05, 0) is 18.2 Å². The Labute approximate surface area is 119 Å². The largest absolute Gasteiger partial charge is 0.398 e. The second-order valence-corrected chi connectivity index (χ2v) is 8.60. The molecule has 3 N–H and O–H groups in total. The number of anilines is 1. The SMILES string of the molecule is Nc1cc(Br)ccc1S(=O)(=O)NC1C=CS(=O)(=O)C1. The van der Waals surface area contributed by atoms with Crippen LogP contribution in [0.5, 0.6) is 0 Å². The van der Waals surface area contributed by atoms with E-state index in [1.807, 2.05) is 0 Å². The first kappa shape index (κ1) is 14.5. The Balaban J connectivity index is 2.27. The van der Waals surface area contributed by atoms with Crippen LogP contribution in [0.2, 0.25) is 0 Å². The molecule has 0 amide bonds. The minimum atomic E-state index is -3.85. The predicted molar refractivity (Wildman–Crippen MR) is 75.6 cm³/mol. The van der Waals surface area contributed by atoms with Crippen LogP contribution < -0.4 is 10.5 Å². The highest BCUT2D eigenvalue weighted by molar-refractivity contribution is 9.10.